The largest absolute Gasteiger partial charge is 0.416 e. The molecule has 100 valence electrons. The highest BCUT2D eigenvalue weighted by molar-refractivity contribution is 5.30. The standard InChI is InChI=1S/C11H8F3N3O2/c12-11(13,14)10-4-2-1-3-8(10)6-16-7-9(5-15-16)17(18)19/h1-5,7H,6H2. The van der Waals surface area contributed by atoms with Gasteiger partial charge in [0, 0.05) is 0 Å². The third kappa shape index (κ3) is 2.90. The predicted molar refractivity (Wildman–Crippen MR) is 59.4 cm³/mol. The summed E-state index contributed by atoms with van der Waals surface area (Å²) in [5, 5.41) is 14.1. The van der Waals surface area contributed by atoms with Crippen molar-refractivity contribution in [1.82, 2.24) is 9.78 Å². The quantitative estimate of drug-likeness (QED) is 0.637. The zero-order valence-corrected chi connectivity index (χ0v) is 9.46. The minimum atomic E-state index is -4.46. The molecule has 19 heavy (non-hydrogen) atoms. The van der Waals surface area contributed by atoms with Crippen LogP contribution >= 0.6 is 0 Å². The minimum Gasteiger partial charge on any atom is -0.261 e. The van der Waals surface area contributed by atoms with Crippen LogP contribution in [0.5, 0.6) is 0 Å². The first-order valence-electron chi connectivity index (χ1n) is 5.20. The average Bonchev–Trinajstić information content (AvgIpc) is 2.77. The number of alkyl halides is 3. The van der Waals surface area contributed by atoms with E-state index in [9.17, 15) is 23.3 Å². The molecule has 0 saturated heterocycles. The Morgan fingerprint density at radius 3 is 2.58 bits per heavy atom. The third-order valence-electron chi connectivity index (χ3n) is 2.49. The first-order chi connectivity index (χ1) is 8.88. The number of hydrogen-bond donors (Lipinski definition) is 0. The Kier molecular flexibility index (Phi) is 3.24. The molecule has 2 rings (SSSR count). The molecule has 0 bridgehead atoms. The zero-order valence-electron chi connectivity index (χ0n) is 9.46. The number of benzene rings is 1. The number of hydrogen-bond acceptors (Lipinski definition) is 3. The molecule has 0 spiro atoms. The van der Waals surface area contributed by atoms with E-state index >= 15 is 0 Å². The number of halogens is 3. The molecule has 0 aliphatic rings. The molecule has 0 radical (unpaired) electrons. The summed E-state index contributed by atoms with van der Waals surface area (Å²) in [5.74, 6) is 0. The molecular weight excluding hydrogens is 263 g/mol. The van der Waals surface area contributed by atoms with Gasteiger partial charge in [0.25, 0.3) is 0 Å². The highest BCUT2D eigenvalue weighted by Crippen LogP contribution is 2.32. The van der Waals surface area contributed by atoms with Crippen LogP contribution in [0, 0.1) is 10.1 Å². The minimum absolute atomic E-state index is 0.00741. The van der Waals surface area contributed by atoms with Crippen LogP contribution in [0.15, 0.2) is 36.7 Å². The fourth-order valence-corrected chi connectivity index (χ4v) is 1.64. The average molecular weight is 271 g/mol. The highest BCUT2D eigenvalue weighted by atomic mass is 19.4. The topological polar surface area (TPSA) is 61.0 Å². The maximum atomic E-state index is 12.7. The lowest BCUT2D eigenvalue weighted by Crippen LogP contribution is -2.11. The van der Waals surface area contributed by atoms with Gasteiger partial charge in [0.2, 0.25) is 0 Å². The summed E-state index contributed by atoms with van der Waals surface area (Å²) in [4.78, 5) is 9.81. The van der Waals surface area contributed by atoms with Gasteiger partial charge in [-0.25, -0.2) is 0 Å². The molecule has 0 N–H and O–H groups in total. The molecular formula is C11H8F3N3O2. The van der Waals surface area contributed by atoms with Crippen molar-refractivity contribution in [3.63, 3.8) is 0 Å². The van der Waals surface area contributed by atoms with Crippen molar-refractivity contribution >= 4 is 5.69 Å². The fourth-order valence-electron chi connectivity index (χ4n) is 1.64. The summed E-state index contributed by atoms with van der Waals surface area (Å²) in [5.41, 5.74) is -1.02. The molecule has 8 heteroatoms. The first-order valence-corrected chi connectivity index (χ1v) is 5.20. The SMILES string of the molecule is O=[N+]([O-])c1cnn(Cc2ccccc2C(F)(F)F)c1. The summed E-state index contributed by atoms with van der Waals surface area (Å²) in [6, 6.07) is 5.05. The van der Waals surface area contributed by atoms with Gasteiger partial charge in [0.1, 0.15) is 12.4 Å². The van der Waals surface area contributed by atoms with Gasteiger partial charge in [-0.3, -0.25) is 14.8 Å². The molecule has 0 saturated carbocycles. The van der Waals surface area contributed by atoms with Crippen molar-refractivity contribution in [3.8, 4) is 0 Å². The second-order valence-corrected chi connectivity index (χ2v) is 3.81. The lowest BCUT2D eigenvalue weighted by molar-refractivity contribution is -0.385. The number of rotatable bonds is 3. The van der Waals surface area contributed by atoms with E-state index in [2.05, 4.69) is 5.10 Å². The molecule has 1 aromatic carbocycles. The van der Waals surface area contributed by atoms with E-state index in [4.69, 9.17) is 0 Å². The van der Waals surface area contributed by atoms with Crippen molar-refractivity contribution in [1.29, 1.82) is 0 Å². The van der Waals surface area contributed by atoms with Crippen molar-refractivity contribution in [2.45, 2.75) is 12.7 Å². The number of aromatic nitrogens is 2. The van der Waals surface area contributed by atoms with E-state index in [1.165, 1.54) is 18.2 Å². The van der Waals surface area contributed by atoms with Gasteiger partial charge in [-0.15, -0.1) is 0 Å². The summed E-state index contributed by atoms with van der Waals surface area (Å²) in [6.07, 6.45) is -2.38. The van der Waals surface area contributed by atoms with Gasteiger partial charge in [0.15, 0.2) is 0 Å². The van der Waals surface area contributed by atoms with E-state index in [0.717, 1.165) is 23.1 Å². The van der Waals surface area contributed by atoms with Gasteiger partial charge in [-0.1, -0.05) is 18.2 Å². The summed E-state index contributed by atoms with van der Waals surface area (Å²) in [7, 11) is 0. The first kappa shape index (κ1) is 13.1. The van der Waals surface area contributed by atoms with Gasteiger partial charge in [0.05, 0.1) is 17.0 Å². The highest BCUT2D eigenvalue weighted by Gasteiger charge is 2.32. The molecule has 1 heterocycles. The molecule has 2 aromatic rings. The van der Waals surface area contributed by atoms with E-state index in [0.29, 0.717) is 0 Å². The molecule has 1 aromatic heterocycles. The Balaban J connectivity index is 2.30. The van der Waals surface area contributed by atoms with Gasteiger partial charge in [-0.05, 0) is 11.6 Å². The van der Waals surface area contributed by atoms with Crippen LogP contribution in [0.4, 0.5) is 18.9 Å². The van der Waals surface area contributed by atoms with Crippen LogP contribution in [0.3, 0.4) is 0 Å². The van der Waals surface area contributed by atoms with Crippen molar-refractivity contribution in [2.75, 3.05) is 0 Å². The molecule has 0 fully saturated rings. The second-order valence-electron chi connectivity index (χ2n) is 3.81. The van der Waals surface area contributed by atoms with Crippen LogP contribution in [0.1, 0.15) is 11.1 Å². The van der Waals surface area contributed by atoms with Crippen LogP contribution in [0.25, 0.3) is 0 Å². The van der Waals surface area contributed by atoms with Crippen LogP contribution in [-0.4, -0.2) is 14.7 Å². The Labute approximate surface area is 105 Å². The number of nitrogens with zero attached hydrogens (tertiary/aromatic N) is 3. The van der Waals surface area contributed by atoms with E-state index in [-0.39, 0.29) is 17.8 Å². The summed E-state index contributed by atoms with van der Waals surface area (Å²) < 4.78 is 39.3. The third-order valence-corrected chi connectivity index (χ3v) is 2.49. The molecule has 5 nitrogen and oxygen atoms in total. The predicted octanol–water partition coefficient (Wildman–Crippen LogP) is 2.86. The van der Waals surface area contributed by atoms with E-state index < -0.39 is 16.7 Å². The lowest BCUT2D eigenvalue weighted by atomic mass is 10.1. The molecule has 0 aliphatic heterocycles. The second kappa shape index (κ2) is 4.71. The van der Waals surface area contributed by atoms with Crippen molar-refractivity contribution in [3.05, 3.63) is 57.9 Å². The van der Waals surface area contributed by atoms with Gasteiger partial charge >= 0.3 is 11.9 Å². The molecule has 0 unspecified atom stereocenters. The van der Waals surface area contributed by atoms with Crippen LogP contribution in [-0.2, 0) is 12.7 Å². The van der Waals surface area contributed by atoms with E-state index in [1.54, 1.807) is 0 Å². The summed E-state index contributed by atoms with van der Waals surface area (Å²) >= 11 is 0. The molecule has 0 atom stereocenters. The van der Waals surface area contributed by atoms with Crippen LogP contribution < -0.4 is 0 Å². The summed E-state index contributed by atoms with van der Waals surface area (Å²) in [6.45, 7) is -0.177. The van der Waals surface area contributed by atoms with Crippen molar-refractivity contribution < 1.29 is 18.1 Å². The molecule has 0 amide bonds. The maximum absolute atomic E-state index is 12.7. The van der Waals surface area contributed by atoms with Crippen LogP contribution in [0.2, 0.25) is 0 Å². The maximum Gasteiger partial charge on any atom is 0.416 e. The van der Waals surface area contributed by atoms with Crippen molar-refractivity contribution in [2.24, 2.45) is 0 Å². The zero-order chi connectivity index (χ0) is 14.0. The Bertz CT molecular complexity index is 607. The number of nitro groups is 1. The van der Waals surface area contributed by atoms with Gasteiger partial charge < -0.3 is 0 Å². The monoisotopic (exact) mass is 271 g/mol. The lowest BCUT2D eigenvalue weighted by Gasteiger charge is -2.12. The van der Waals surface area contributed by atoms with E-state index in [1.807, 2.05) is 0 Å². The fraction of sp³-hybridized carbons (Fsp3) is 0.182. The Hall–Kier alpha value is -2.38. The smallest absolute Gasteiger partial charge is 0.261 e. The Morgan fingerprint density at radius 2 is 2.00 bits per heavy atom. The molecule has 0 aliphatic carbocycles. The normalized spacial score (nSPS) is 11.5. The Morgan fingerprint density at radius 1 is 1.32 bits per heavy atom. The van der Waals surface area contributed by atoms with Gasteiger partial charge in [-0.2, -0.15) is 18.3 Å².